The summed E-state index contributed by atoms with van der Waals surface area (Å²) in [5, 5.41) is 8.66. The fourth-order valence-corrected chi connectivity index (χ4v) is 3.43. The first-order valence-corrected chi connectivity index (χ1v) is 7.76. The van der Waals surface area contributed by atoms with E-state index in [1.54, 1.807) is 18.5 Å². The number of hydrogen-bond acceptors (Lipinski definition) is 6. The highest BCUT2D eigenvalue weighted by atomic mass is 16.5. The molecule has 0 N–H and O–H groups in total. The first kappa shape index (κ1) is 13.6. The number of hydrogen-bond donors (Lipinski definition) is 0. The van der Waals surface area contributed by atoms with Crippen molar-refractivity contribution in [1.82, 2.24) is 24.7 Å². The maximum atomic E-state index is 6.17. The molecular formula is C15H20N6O. The summed E-state index contributed by atoms with van der Waals surface area (Å²) >= 11 is 0. The fourth-order valence-electron chi connectivity index (χ4n) is 3.43. The van der Waals surface area contributed by atoms with Gasteiger partial charge in [-0.1, -0.05) is 0 Å². The zero-order chi connectivity index (χ0) is 15.2. The third kappa shape index (κ3) is 2.16. The summed E-state index contributed by atoms with van der Waals surface area (Å²) in [5.41, 5.74) is 0.0209. The standard InChI is InChI=1S/C15H20N6O/c1-11-9-21(10-15(22-11)5-3-6-15)14-19-18-13(20(14)2)12-16-7-4-8-17-12/h4,7-8,11H,3,5-6,9-10H2,1-2H3. The minimum atomic E-state index is 0.0209. The molecule has 7 heteroatoms. The van der Waals surface area contributed by atoms with Crippen LogP contribution in [-0.4, -0.2) is 49.5 Å². The van der Waals surface area contributed by atoms with Crippen molar-refractivity contribution in [2.75, 3.05) is 18.0 Å². The van der Waals surface area contributed by atoms with Crippen molar-refractivity contribution in [3.05, 3.63) is 18.5 Å². The predicted octanol–water partition coefficient (Wildman–Crippen LogP) is 1.42. The van der Waals surface area contributed by atoms with Crippen LogP contribution in [0.25, 0.3) is 11.6 Å². The van der Waals surface area contributed by atoms with E-state index >= 15 is 0 Å². The second-order valence-corrected chi connectivity index (χ2v) is 6.30. The van der Waals surface area contributed by atoms with Crippen molar-refractivity contribution in [2.45, 2.75) is 37.9 Å². The third-order valence-corrected chi connectivity index (χ3v) is 4.57. The second-order valence-electron chi connectivity index (χ2n) is 6.30. The highest BCUT2D eigenvalue weighted by Gasteiger charge is 2.45. The van der Waals surface area contributed by atoms with Crippen LogP contribution in [0.15, 0.2) is 18.5 Å². The van der Waals surface area contributed by atoms with Gasteiger partial charge in [0, 0.05) is 32.5 Å². The van der Waals surface area contributed by atoms with E-state index < -0.39 is 0 Å². The van der Waals surface area contributed by atoms with E-state index in [4.69, 9.17) is 4.74 Å². The predicted molar refractivity (Wildman–Crippen MR) is 81.4 cm³/mol. The summed E-state index contributed by atoms with van der Waals surface area (Å²) in [6, 6.07) is 1.80. The van der Waals surface area contributed by atoms with Crippen molar-refractivity contribution in [1.29, 1.82) is 0 Å². The van der Waals surface area contributed by atoms with Crippen LogP contribution in [0, 0.1) is 0 Å². The number of nitrogens with zero attached hydrogens (tertiary/aromatic N) is 6. The topological polar surface area (TPSA) is 69.0 Å². The molecule has 2 aromatic rings. The molecule has 1 atom stereocenters. The molecule has 2 fully saturated rings. The lowest BCUT2D eigenvalue weighted by molar-refractivity contribution is -0.142. The Hall–Kier alpha value is -2.02. The number of aromatic nitrogens is 5. The number of ether oxygens (including phenoxy) is 1. The van der Waals surface area contributed by atoms with Gasteiger partial charge in [0.05, 0.1) is 11.7 Å². The van der Waals surface area contributed by atoms with Gasteiger partial charge in [-0.2, -0.15) is 0 Å². The zero-order valence-corrected chi connectivity index (χ0v) is 12.9. The molecule has 1 saturated carbocycles. The van der Waals surface area contributed by atoms with Gasteiger partial charge in [-0.3, -0.25) is 4.57 Å². The van der Waals surface area contributed by atoms with Gasteiger partial charge in [0.25, 0.3) is 0 Å². The molecule has 3 heterocycles. The molecular weight excluding hydrogens is 280 g/mol. The fraction of sp³-hybridized carbons (Fsp3) is 0.600. The van der Waals surface area contributed by atoms with E-state index in [1.807, 2.05) is 11.6 Å². The van der Waals surface area contributed by atoms with Crippen molar-refractivity contribution in [2.24, 2.45) is 7.05 Å². The van der Waals surface area contributed by atoms with E-state index in [-0.39, 0.29) is 11.7 Å². The van der Waals surface area contributed by atoms with Gasteiger partial charge in [0.2, 0.25) is 11.8 Å². The Bertz CT molecular complexity index is 666. The molecule has 1 spiro atoms. The molecule has 1 saturated heterocycles. The van der Waals surface area contributed by atoms with Gasteiger partial charge in [-0.05, 0) is 32.3 Å². The van der Waals surface area contributed by atoms with E-state index in [1.165, 1.54) is 6.42 Å². The van der Waals surface area contributed by atoms with E-state index in [0.29, 0.717) is 11.6 Å². The van der Waals surface area contributed by atoms with E-state index in [9.17, 15) is 0 Å². The summed E-state index contributed by atoms with van der Waals surface area (Å²) in [4.78, 5) is 10.8. The van der Waals surface area contributed by atoms with Gasteiger partial charge >= 0.3 is 0 Å². The summed E-state index contributed by atoms with van der Waals surface area (Å²) in [7, 11) is 1.97. The highest BCUT2D eigenvalue weighted by molar-refractivity contribution is 5.48. The Kier molecular flexibility index (Phi) is 3.11. The molecule has 1 aliphatic carbocycles. The van der Waals surface area contributed by atoms with Crippen molar-refractivity contribution >= 4 is 5.95 Å². The maximum Gasteiger partial charge on any atom is 0.227 e. The van der Waals surface area contributed by atoms with Gasteiger partial charge in [0.15, 0.2) is 5.82 Å². The highest BCUT2D eigenvalue weighted by Crippen LogP contribution is 2.40. The summed E-state index contributed by atoms with van der Waals surface area (Å²) in [5.74, 6) is 2.16. The normalized spacial score (nSPS) is 23.5. The largest absolute Gasteiger partial charge is 0.368 e. The van der Waals surface area contributed by atoms with E-state index in [0.717, 1.165) is 31.9 Å². The Morgan fingerprint density at radius 1 is 1.23 bits per heavy atom. The molecule has 1 unspecified atom stereocenters. The Balaban J connectivity index is 1.64. The molecule has 1 aliphatic heterocycles. The van der Waals surface area contributed by atoms with Crippen LogP contribution in [-0.2, 0) is 11.8 Å². The number of morpholine rings is 1. The van der Waals surface area contributed by atoms with Gasteiger partial charge in [0.1, 0.15) is 0 Å². The number of rotatable bonds is 2. The lowest BCUT2D eigenvalue weighted by Crippen LogP contribution is -2.58. The van der Waals surface area contributed by atoms with Crippen LogP contribution >= 0.6 is 0 Å². The third-order valence-electron chi connectivity index (χ3n) is 4.57. The Morgan fingerprint density at radius 3 is 2.68 bits per heavy atom. The molecule has 116 valence electrons. The molecule has 7 nitrogen and oxygen atoms in total. The summed E-state index contributed by atoms with van der Waals surface area (Å²) in [6.45, 7) is 3.85. The lowest BCUT2D eigenvalue weighted by atomic mass is 9.78. The quantitative estimate of drug-likeness (QED) is 0.835. The number of anilines is 1. The van der Waals surface area contributed by atoms with Crippen molar-refractivity contribution < 1.29 is 4.74 Å². The summed E-state index contributed by atoms with van der Waals surface area (Å²) < 4.78 is 8.14. The van der Waals surface area contributed by atoms with Crippen LogP contribution in [0.1, 0.15) is 26.2 Å². The van der Waals surface area contributed by atoms with Gasteiger partial charge in [-0.15, -0.1) is 10.2 Å². The SMILES string of the molecule is CC1CN(c2nnc(-c3ncccn3)n2C)CC2(CCC2)O1. The Morgan fingerprint density at radius 2 is 2.00 bits per heavy atom. The summed E-state index contributed by atoms with van der Waals surface area (Å²) in [6.07, 6.45) is 7.18. The molecule has 0 radical (unpaired) electrons. The Labute approximate surface area is 129 Å². The second kappa shape index (κ2) is 5.01. The average Bonchev–Trinajstić information content (AvgIpc) is 2.88. The lowest BCUT2D eigenvalue weighted by Gasteiger charge is -2.50. The van der Waals surface area contributed by atoms with Crippen molar-refractivity contribution in [3.8, 4) is 11.6 Å². The zero-order valence-electron chi connectivity index (χ0n) is 12.9. The first-order chi connectivity index (χ1) is 10.7. The molecule has 0 amide bonds. The van der Waals surface area contributed by atoms with Gasteiger partial charge in [-0.25, -0.2) is 9.97 Å². The molecule has 0 aromatic carbocycles. The van der Waals surface area contributed by atoms with Crippen LogP contribution < -0.4 is 4.90 Å². The van der Waals surface area contributed by atoms with E-state index in [2.05, 4.69) is 32.0 Å². The molecule has 2 aromatic heterocycles. The van der Waals surface area contributed by atoms with Crippen LogP contribution in [0.3, 0.4) is 0 Å². The van der Waals surface area contributed by atoms with Crippen LogP contribution in [0.4, 0.5) is 5.95 Å². The minimum Gasteiger partial charge on any atom is -0.368 e. The first-order valence-electron chi connectivity index (χ1n) is 7.76. The molecule has 2 aliphatic rings. The smallest absolute Gasteiger partial charge is 0.227 e. The average molecular weight is 300 g/mol. The van der Waals surface area contributed by atoms with Crippen LogP contribution in [0.2, 0.25) is 0 Å². The van der Waals surface area contributed by atoms with Gasteiger partial charge < -0.3 is 9.64 Å². The minimum absolute atomic E-state index is 0.0209. The maximum absolute atomic E-state index is 6.17. The van der Waals surface area contributed by atoms with Crippen LogP contribution in [0.5, 0.6) is 0 Å². The monoisotopic (exact) mass is 300 g/mol. The molecule has 22 heavy (non-hydrogen) atoms. The molecule has 0 bridgehead atoms. The molecule has 4 rings (SSSR count). The van der Waals surface area contributed by atoms with Crippen molar-refractivity contribution in [3.63, 3.8) is 0 Å².